The Bertz CT molecular complexity index is 302. The van der Waals surface area contributed by atoms with Crippen LogP contribution in [0.15, 0.2) is 18.3 Å². The average molecular weight is 191 g/mol. The summed E-state index contributed by atoms with van der Waals surface area (Å²) in [6.45, 7) is 0. The lowest BCUT2D eigenvalue weighted by Gasteiger charge is -1.81. The lowest BCUT2D eigenvalue weighted by molar-refractivity contribution is 0.490. The number of hydrogen-bond acceptors (Lipinski definition) is 5. The van der Waals surface area contributed by atoms with Crippen molar-refractivity contribution in [1.82, 2.24) is 10.2 Å². The average Bonchev–Trinajstić information content (AvgIpc) is 1.85. The molecule has 0 bridgehead atoms. The first-order valence-electron chi connectivity index (χ1n) is 2.85. The van der Waals surface area contributed by atoms with E-state index >= 15 is 0 Å². The Morgan fingerprint density at radius 3 is 2.25 bits per heavy atom. The molecule has 1 heterocycles. The van der Waals surface area contributed by atoms with E-state index in [1.54, 1.807) is 18.3 Å². The summed E-state index contributed by atoms with van der Waals surface area (Å²) in [5.74, 6) is 0.461. The van der Waals surface area contributed by atoms with Gasteiger partial charge in [0.15, 0.2) is 0 Å². The van der Waals surface area contributed by atoms with Crippen molar-refractivity contribution >= 4 is 15.9 Å². The number of nitrogens with two attached hydrogens (primary N) is 1. The van der Waals surface area contributed by atoms with Crippen LogP contribution in [0.3, 0.4) is 0 Å². The maximum absolute atomic E-state index is 9.19. The summed E-state index contributed by atoms with van der Waals surface area (Å²) in [7, 11) is -3.67. The van der Waals surface area contributed by atoms with Crippen LogP contribution in [-0.4, -0.2) is 29.4 Å². The molecule has 0 amide bonds. The molecule has 1 aromatic heterocycles. The largest absolute Gasteiger partial charge is 0.382 e. The van der Waals surface area contributed by atoms with Gasteiger partial charge in [-0.05, 0) is 12.1 Å². The summed E-state index contributed by atoms with van der Waals surface area (Å²) in [5, 5.41) is 7.02. The Labute approximate surface area is 70.2 Å². The first kappa shape index (κ1) is 10.8. The molecule has 0 aliphatic rings. The van der Waals surface area contributed by atoms with Gasteiger partial charge in [-0.15, -0.1) is 5.10 Å². The van der Waals surface area contributed by atoms with Gasteiger partial charge in [0, 0.05) is 6.20 Å². The molecular weight excluding hydrogens is 182 g/mol. The highest BCUT2D eigenvalue weighted by Gasteiger charge is 1.81. The minimum atomic E-state index is -3.67. The van der Waals surface area contributed by atoms with Crippen molar-refractivity contribution < 1.29 is 13.0 Å². The van der Waals surface area contributed by atoms with E-state index in [-0.39, 0.29) is 0 Å². The van der Waals surface area contributed by atoms with E-state index in [4.69, 9.17) is 10.3 Å². The molecule has 1 rings (SSSR count). The normalized spacial score (nSPS) is 9.83. The molecule has 6 nitrogen and oxygen atoms in total. The fourth-order valence-corrected chi connectivity index (χ4v) is 0.313. The minimum Gasteiger partial charge on any atom is -0.382 e. The van der Waals surface area contributed by atoms with E-state index in [2.05, 4.69) is 10.2 Å². The third-order valence-corrected chi connectivity index (χ3v) is 0.593. The zero-order valence-corrected chi connectivity index (χ0v) is 7.19. The lowest BCUT2D eigenvalue weighted by atomic mass is 10.6. The standard InChI is InChI=1S/C4H5N3.CH4O3S/c5-4-2-1-3-6-7-4;1-5(2,3)4/h1-3H,(H2,5,7);1H3,(H,2,3,4). The van der Waals surface area contributed by atoms with E-state index in [1.165, 1.54) is 0 Å². The predicted octanol–water partition coefficient (Wildman–Crippen LogP) is -0.437. The Morgan fingerprint density at radius 2 is 2.08 bits per heavy atom. The van der Waals surface area contributed by atoms with Crippen LogP contribution in [0.5, 0.6) is 0 Å². The Hall–Kier alpha value is -1.21. The van der Waals surface area contributed by atoms with Gasteiger partial charge >= 0.3 is 0 Å². The Morgan fingerprint density at radius 1 is 1.58 bits per heavy atom. The number of nitrogen functional groups attached to an aromatic ring is 1. The van der Waals surface area contributed by atoms with Crippen molar-refractivity contribution in [1.29, 1.82) is 0 Å². The summed E-state index contributed by atoms with van der Waals surface area (Å²) < 4.78 is 25.9. The van der Waals surface area contributed by atoms with Crippen molar-refractivity contribution in [3.05, 3.63) is 18.3 Å². The lowest BCUT2D eigenvalue weighted by Crippen LogP contribution is -1.88. The second kappa shape index (κ2) is 4.62. The topological polar surface area (TPSA) is 106 Å². The molecule has 0 atom stereocenters. The third-order valence-electron chi connectivity index (χ3n) is 0.593. The molecule has 0 aliphatic carbocycles. The van der Waals surface area contributed by atoms with Crippen molar-refractivity contribution in [3.63, 3.8) is 0 Å². The van der Waals surface area contributed by atoms with Crippen LogP contribution in [0.2, 0.25) is 0 Å². The monoisotopic (exact) mass is 191 g/mol. The summed E-state index contributed by atoms with van der Waals surface area (Å²) in [4.78, 5) is 0. The summed E-state index contributed by atoms with van der Waals surface area (Å²) in [5.41, 5.74) is 5.18. The molecule has 0 radical (unpaired) electrons. The summed E-state index contributed by atoms with van der Waals surface area (Å²) >= 11 is 0. The molecule has 0 spiro atoms. The van der Waals surface area contributed by atoms with Crippen LogP contribution in [0.4, 0.5) is 5.82 Å². The van der Waals surface area contributed by atoms with Gasteiger partial charge in [-0.25, -0.2) is 0 Å². The third kappa shape index (κ3) is 11.6. The minimum absolute atomic E-state index is 0.461. The quantitative estimate of drug-likeness (QED) is 0.538. The number of aromatic nitrogens is 2. The summed E-state index contributed by atoms with van der Waals surface area (Å²) in [6.07, 6.45) is 2.30. The highest BCUT2D eigenvalue weighted by Crippen LogP contribution is 1.86. The second-order valence-electron chi connectivity index (χ2n) is 1.88. The van der Waals surface area contributed by atoms with E-state index in [1.807, 2.05) is 0 Å². The van der Waals surface area contributed by atoms with Gasteiger partial charge in [0.05, 0.1) is 6.26 Å². The van der Waals surface area contributed by atoms with Crippen LogP contribution in [0.1, 0.15) is 0 Å². The molecule has 3 N–H and O–H groups in total. The molecule has 0 saturated heterocycles. The fraction of sp³-hybridized carbons (Fsp3) is 0.200. The number of hydrogen-bond donors (Lipinski definition) is 2. The fourth-order valence-electron chi connectivity index (χ4n) is 0.313. The van der Waals surface area contributed by atoms with E-state index in [0.29, 0.717) is 12.1 Å². The van der Waals surface area contributed by atoms with Crippen LogP contribution in [0, 0.1) is 0 Å². The van der Waals surface area contributed by atoms with Crippen molar-refractivity contribution in [2.75, 3.05) is 12.0 Å². The zero-order chi connectivity index (χ0) is 9.61. The van der Waals surface area contributed by atoms with Gasteiger partial charge in [-0.2, -0.15) is 13.5 Å². The SMILES string of the molecule is CS(=O)(=O)O.Nc1cccnn1. The molecule has 68 valence electrons. The molecule has 0 unspecified atom stereocenters. The van der Waals surface area contributed by atoms with Gasteiger partial charge in [0.2, 0.25) is 0 Å². The van der Waals surface area contributed by atoms with E-state index < -0.39 is 10.1 Å². The maximum Gasteiger partial charge on any atom is 0.261 e. The first-order chi connectivity index (χ1) is 5.39. The smallest absolute Gasteiger partial charge is 0.261 e. The van der Waals surface area contributed by atoms with Crippen LogP contribution >= 0.6 is 0 Å². The van der Waals surface area contributed by atoms with Gasteiger partial charge in [-0.1, -0.05) is 0 Å². The molecular formula is C5H9N3O3S. The Kier molecular flexibility index (Phi) is 4.16. The van der Waals surface area contributed by atoms with Gasteiger partial charge < -0.3 is 5.73 Å². The van der Waals surface area contributed by atoms with Gasteiger partial charge in [-0.3, -0.25) is 4.55 Å². The first-order valence-corrected chi connectivity index (χ1v) is 4.70. The van der Waals surface area contributed by atoms with E-state index in [0.717, 1.165) is 0 Å². The van der Waals surface area contributed by atoms with E-state index in [9.17, 15) is 8.42 Å². The molecule has 12 heavy (non-hydrogen) atoms. The predicted molar refractivity (Wildman–Crippen MR) is 43.9 cm³/mol. The second-order valence-corrected chi connectivity index (χ2v) is 3.35. The van der Waals surface area contributed by atoms with Crippen LogP contribution in [0.25, 0.3) is 0 Å². The number of rotatable bonds is 0. The molecule has 0 aromatic carbocycles. The molecule has 7 heteroatoms. The molecule has 0 saturated carbocycles. The highest BCUT2D eigenvalue weighted by molar-refractivity contribution is 7.85. The van der Waals surface area contributed by atoms with Gasteiger partial charge in [0.25, 0.3) is 10.1 Å². The number of anilines is 1. The highest BCUT2D eigenvalue weighted by atomic mass is 32.2. The van der Waals surface area contributed by atoms with Crippen molar-refractivity contribution in [3.8, 4) is 0 Å². The van der Waals surface area contributed by atoms with Crippen LogP contribution < -0.4 is 5.73 Å². The zero-order valence-electron chi connectivity index (χ0n) is 6.38. The molecule has 1 aromatic rings. The van der Waals surface area contributed by atoms with Gasteiger partial charge in [0.1, 0.15) is 5.82 Å². The maximum atomic E-state index is 9.19. The molecule has 0 aliphatic heterocycles. The van der Waals surface area contributed by atoms with Crippen molar-refractivity contribution in [2.24, 2.45) is 0 Å². The van der Waals surface area contributed by atoms with Crippen molar-refractivity contribution in [2.45, 2.75) is 0 Å². The summed E-state index contributed by atoms with van der Waals surface area (Å²) in [6, 6.07) is 3.43. The number of nitrogens with zero attached hydrogens (tertiary/aromatic N) is 2. The Balaban J connectivity index is 0.000000217. The van der Waals surface area contributed by atoms with Crippen LogP contribution in [-0.2, 0) is 10.1 Å². The molecule has 0 fully saturated rings.